The first-order valence-electron chi connectivity index (χ1n) is 11.1. The lowest BCUT2D eigenvalue weighted by Gasteiger charge is -2.63. The van der Waals surface area contributed by atoms with Crippen molar-refractivity contribution in [3.63, 3.8) is 0 Å². The second-order valence-corrected chi connectivity index (χ2v) is 10.4. The molecule has 3 heteroatoms. The fourth-order valence-electron chi connectivity index (χ4n) is 6.22. The quantitative estimate of drug-likeness (QED) is 0.442. The van der Waals surface area contributed by atoms with Crippen molar-refractivity contribution in [2.24, 2.45) is 28.6 Å². The van der Waals surface area contributed by atoms with Crippen molar-refractivity contribution in [2.75, 3.05) is 7.11 Å². The van der Waals surface area contributed by atoms with Crippen LogP contribution in [-0.2, 0) is 9.53 Å². The third-order valence-corrected chi connectivity index (χ3v) is 8.18. The molecular weight excluding hydrogens is 348 g/mol. The molecule has 0 aromatic carbocycles. The highest BCUT2D eigenvalue weighted by Crippen LogP contribution is 2.63. The van der Waals surface area contributed by atoms with E-state index >= 15 is 0 Å². The maximum atomic E-state index is 12.0. The highest BCUT2D eigenvalue weighted by atomic mass is 16.5. The van der Waals surface area contributed by atoms with Crippen LogP contribution in [0.3, 0.4) is 0 Å². The van der Waals surface area contributed by atoms with E-state index in [2.05, 4.69) is 40.7 Å². The number of carbonyl (C=O) groups is 1. The van der Waals surface area contributed by atoms with Gasteiger partial charge in [0.25, 0.3) is 0 Å². The molecule has 0 saturated heterocycles. The van der Waals surface area contributed by atoms with E-state index in [1.54, 1.807) is 0 Å². The molecule has 2 fully saturated rings. The number of aliphatic hydroxyl groups is 1. The third-order valence-electron chi connectivity index (χ3n) is 8.18. The van der Waals surface area contributed by atoms with E-state index in [0.29, 0.717) is 17.3 Å². The van der Waals surface area contributed by atoms with E-state index in [1.165, 1.54) is 31.9 Å². The van der Waals surface area contributed by atoms with Crippen molar-refractivity contribution < 1.29 is 14.6 Å². The molecule has 0 bridgehead atoms. The Morgan fingerprint density at radius 3 is 2.57 bits per heavy atom. The van der Waals surface area contributed by atoms with Gasteiger partial charge in [0.1, 0.15) is 0 Å². The summed E-state index contributed by atoms with van der Waals surface area (Å²) in [6, 6.07) is 0. The maximum absolute atomic E-state index is 12.0. The van der Waals surface area contributed by atoms with Crippen molar-refractivity contribution in [1.29, 1.82) is 0 Å². The Balaban J connectivity index is 2.11. The summed E-state index contributed by atoms with van der Waals surface area (Å²) < 4.78 is 4.76. The van der Waals surface area contributed by atoms with Gasteiger partial charge in [0.05, 0.1) is 18.6 Å². The van der Waals surface area contributed by atoms with Gasteiger partial charge in [0.2, 0.25) is 0 Å². The van der Waals surface area contributed by atoms with Crippen LogP contribution in [0.15, 0.2) is 23.8 Å². The number of hydrogen-bond acceptors (Lipinski definition) is 3. The van der Waals surface area contributed by atoms with E-state index < -0.39 is 5.60 Å². The van der Waals surface area contributed by atoms with Gasteiger partial charge < -0.3 is 9.84 Å². The molecule has 3 nitrogen and oxygen atoms in total. The summed E-state index contributed by atoms with van der Waals surface area (Å²) in [7, 11) is 1.42. The molecule has 0 amide bonds. The molecular formula is C25H42O3. The first kappa shape index (κ1) is 23.2. The van der Waals surface area contributed by atoms with Crippen LogP contribution < -0.4 is 0 Å². The molecule has 28 heavy (non-hydrogen) atoms. The summed E-state index contributed by atoms with van der Waals surface area (Å²) >= 11 is 0. The van der Waals surface area contributed by atoms with Gasteiger partial charge in [-0.1, -0.05) is 57.9 Å². The monoisotopic (exact) mass is 390 g/mol. The standard InChI is InChI=1S/C25H42O3/c1-18(10-8-11-19(2)22(26)28-7)14-17-25(27)20(3)12-13-21-23(4,5)15-9-16-24(21,25)6/h8,10-11,19-21,27H,9,12-17H2,1-7H3/b11-8+,18-10+/t19-,20?,21+,24+,25-/m1/s1. The van der Waals surface area contributed by atoms with Crippen molar-refractivity contribution in [3.05, 3.63) is 23.8 Å². The molecule has 2 aliphatic carbocycles. The van der Waals surface area contributed by atoms with Crippen molar-refractivity contribution in [2.45, 2.75) is 92.1 Å². The zero-order valence-electron chi connectivity index (χ0n) is 19.2. The van der Waals surface area contributed by atoms with Gasteiger partial charge in [0.15, 0.2) is 0 Å². The van der Waals surface area contributed by atoms with E-state index in [0.717, 1.165) is 25.7 Å². The fourth-order valence-corrected chi connectivity index (χ4v) is 6.22. The number of fused-ring (bicyclic) bond motifs is 1. The molecule has 0 spiro atoms. The number of allylic oxidation sites excluding steroid dienone is 3. The summed E-state index contributed by atoms with van der Waals surface area (Å²) in [5.74, 6) is 0.484. The molecule has 0 aromatic heterocycles. The summed E-state index contributed by atoms with van der Waals surface area (Å²) in [4.78, 5) is 11.5. The second-order valence-electron chi connectivity index (χ2n) is 10.4. The molecule has 160 valence electrons. The number of hydrogen-bond donors (Lipinski definition) is 1. The molecule has 2 saturated carbocycles. The smallest absolute Gasteiger partial charge is 0.312 e. The normalized spacial score (nSPS) is 36.8. The highest BCUT2D eigenvalue weighted by Gasteiger charge is 2.60. The Morgan fingerprint density at radius 1 is 1.25 bits per heavy atom. The molecule has 1 unspecified atom stereocenters. The highest BCUT2D eigenvalue weighted by molar-refractivity contribution is 5.73. The predicted octanol–water partition coefficient (Wildman–Crippen LogP) is 6.07. The lowest BCUT2D eigenvalue weighted by atomic mass is 9.44. The van der Waals surface area contributed by atoms with Gasteiger partial charge in [-0.2, -0.15) is 0 Å². The van der Waals surface area contributed by atoms with Gasteiger partial charge in [0, 0.05) is 0 Å². The van der Waals surface area contributed by atoms with Crippen LogP contribution in [-0.4, -0.2) is 23.8 Å². The van der Waals surface area contributed by atoms with Crippen LogP contribution in [0.2, 0.25) is 0 Å². The largest absolute Gasteiger partial charge is 0.469 e. The van der Waals surface area contributed by atoms with Gasteiger partial charge in [-0.05, 0) is 75.0 Å². The minimum Gasteiger partial charge on any atom is -0.469 e. The third kappa shape index (κ3) is 4.40. The molecule has 2 aliphatic rings. The SMILES string of the molecule is COC(=O)[C@H](C)/C=C/C=C(\C)CC[C@@]1(O)C(C)CC[C@H]2C(C)(C)CCC[C@@]21C. The Hall–Kier alpha value is -1.09. The molecule has 0 aromatic rings. The maximum Gasteiger partial charge on any atom is 0.312 e. The van der Waals surface area contributed by atoms with Crippen LogP contribution >= 0.6 is 0 Å². The summed E-state index contributed by atoms with van der Waals surface area (Å²) in [6.07, 6.45) is 13.6. The van der Waals surface area contributed by atoms with E-state index in [-0.39, 0.29) is 17.3 Å². The number of esters is 1. The number of methoxy groups -OCH3 is 1. The van der Waals surface area contributed by atoms with Crippen molar-refractivity contribution >= 4 is 5.97 Å². The van der Waals surface area contributed by atoms with Crippen LogP contribution in [0.4, 0.5) is 0 Å². The first-order valence-corrected chi connectivity index (χ1v) is 11.1. The van der Waals surface area contributed by atoms with E-state index in [9.17, 15) is 9.90 Å². The zero-order chi connectivity index (χ0) is 21.2. The minimum absolute atomic E-state index is 0.00192. The molecule has 2 rings (SSSR count). The number of rotatable bonds is 6. The van der Waals surface area contributed by atoms with Gasteiger partial charge in [-0.25, -0.2) is 0 Å². The van der Waals surface area contributed by atoms with Crippen molar-refractivity contribution in [1.82, 2.24) is 0 Å². The van der Waals surface area contributed by atoms with E-state index in [4.69, 9.17) is 4.74 Å². The van der Waals surface area contributed by atoms with Crippen LogP contribution in [0.1, 0.15) is 86.5 Å². The molecule has 0 heterocycles. The Kier molecular flexibility index (Phi) is 7.23. The van der Waals surface area contributed by atoms with E-state index in [1.807, 2.05) is 19.1 Å². The number of ether oxygens (including phenoxy) is 1. The first-order chi connectivity index (χ1) is 13.0. The summed E-state index contributed by atoms with van der Waals surface area (Å²) in [6.45, 7) is 13.4. The fraction of sp³-hybridized carbons (Fsp3) is 0.800. The predicted molar refractivity (Wildman–Crippen MR) is 116 cm³/mol. The molecule has 1 N–H and O–H groups in total. The topological polar surface area (TPSA) is 46.5 Å². The second kappa shape index (κ2) is 8.73. The Bertz CT molecular complexity index is 617. The van der Waals surface area contributed by atoms with Gasteiger partial charge in [-0.15, -0.1) is 0 Å². The van der Waals surface area contributed by atoms with Crippen LogP contribution in [0, 0.1) is 28.6 Å². The Morgan fingerprint density at radius 2 is 1.93 bits per heavy atom. The van der Waals surface area contributed by atoms with Crippen LogP contribution in [0.5, 0.6) is 0 Å². The molecule has 0 aliphatic heterocycles. The zero-order valence-corrected chi connectivity index (χ0v) is 19.2. The minimum atomic E-state index is -0.605. The van der Waals surface area contributed by atoms with Crippen molar-refractivity contribution in [3.8, 4) is 0 Å². The average molecular weight is 391 g/mol. The number of carbonyl (C=O) groups excluding carboxylic acids is 1. The van der Waals surface area contributed by atoms with Crippen LogP contribution in [0.25, 0.3) is 0 Å². The molecule has 5 atom stereocenters. The Labute approximate surface area is 172 Å². The molecule has 0 radical (unpaired) electrons. The summed E-state index contributed by atoms with van der Waals surface area (Å²) in [5.41, 5.74) is 0.960. The summed E-state index contributed by atoms with van der Waals surface area (Å²) in [5, 5.41) is 12.0. The van der Waals surface area contributed by atoms with Gasteiger partial charge in [-0.3, -0.25) is 4.79 Å². The average Bonchev–Trinajstić information content (AvgIpc) is 2.63. The lowest BCUT2D eigenvalue weighted by Crippen LogP contribution is -2.62. The lowest BCUT2D eigenvalue weighted by molar-refractivity contribution is -0.211. The van der Waals surface area contributed by atoms with Gasteiger partial charge >= 0.3 is 5.97 Å².